The minimum absolute atomic E-state index is 0.272. The van der Waals surface area contributed by atoms with Crippen LogP contribution in [0, 0.1) is 5.92 Å². The zero-order valence-corrected chi connectivity index (χ0v) is 11.8. The Morgan fingerprint density at radius 3 is 2.44 bits per heavy atom. The van der Waals surface area contributed by atoms with Gasteiger partial charge in [0.2, 0.25) is 10.0 Å². The minimum atomic E-state index is -3.13. The molecule has 0 spiro atoms. The van der Waals surface area contributed by atoms with Crippen LogP contribution < -0.4 is 10.1 Å². The average molecular weight is 275 g/mol. The lowest BCUT2D eigenvalue weighted by molar-refractivity contribution is 0.199. The Hall–Kier alpha value is -0.170. The second-order valence-electron chi connectivity index (χ2n) is 5.44. The van der Waals surface area contributed by atoms with Crippen LogP contribution in [-0.4, -0.2) is 45.4 Å². The molecule has 2 aliphatic heterocycles. The van der Waals surface area contributed by atoms with E-state index in [0.717, 1.165) is 58.3 Å². The van der Waals surface area contributed by atoms with Crippen LogP contribution in [0.25, 0.3) is 0 Å². The molecule has 5 nitrogen and oxygen atoms in total. The summed E-state index contributed by atoms with van der Waals surface area (Å²) >= 11 is 0. The van der Waals surface area contributed by atoms with Gasteiger partial charge in [0.25, 0.3) is 0 Å². The van der Waals surface area contributed by atoms with Gasteiger partial charge in [0.1, 0.15) is 0 Å². The largest absolute Gasteiger partial charge is 0.317 e. The molecule has 0 saturated carbocycles. The van der Waals surface area contributed by atoms with Crippen LogP contribution in [0.5, 0.6) is 0 Å². The SMILES string of the molecule is O=S(=O)(CCC1CCNCC1)NN1CCCCC1. The standard InChI is InChI=1S/C12H25N3O2S/c16-18(17,14-15-9-2-1-3-10-15)11-6-12-4-7-13-8-5-12/h12-14H,1-11H2. The third kappa shape index (κ3) is 4.84. The van der Waals surface area contributed by atoms with Crippen LogP contribution >= 0.6 is 0 Å². The number of piperidine rings is 2. The van der Waals surface area contributed by atoms with Crippen LogP contribution in [0.2, 0.25) is 0 Å². The van der Waals surface area contributed by atoms with Crippen LogP contribution in [-0.2, 0) is 10.0 Å². The molecule has 6 heteroatoms. The van der Waals surface area contributed by atoms with Crippen molar-refractivity contribution < 1.29 is 8.42 Å². The third-order valence-corrected chi connectivity index (χ3v) is 5.19. The van der Waals surface area contributed by atoms with Crippen LogP contribution in [0.1, 0.15) is 38.5 Å². The summed E-state index contributed by atoms with van der Waals surface area (Å²) in [7, 11) is -3.13. The molecule has 106 valence electrons. The molecule has 2 aliphatic rings. The summed E-state index contributed by atoms with van der Waals surface area (Å²) < 4.78 is 23.9. The van der Waals surface area contributed by atoms with E-state index in [1.807, 2.05) is 5.01 Å². The minimum Gasteiger partial charge on any atom is -0.317 e. The van der Waals surface area contributed by atoms with Crippen molar-refractivity contribution in [1.82, 2.24) is 15.2 Å². The molecule has 2 heterocycles. The molecule has 0 aliphatic carbocycles. The Bertz CT molecular complexity index is 333. The highest BCUT2D eigenvalue weighted by Crippen LogP contribution is 2.16. The molecule has 0 bridgehead atoms. The van der Waals surface area contributed by atoms with Crippen molar-refractivity contribution in [3.8, 4) is 0 Å². The number of sulfonamides is 1. The van der Waals surface area contributed by atoms with Crippen LogP contribution in [0.3, 0.4) is 0 Å². The lowest BCUT2D eigenvalue weighted by Gasteiger charge is -2.27. The van der Waals surface area contributed by atoms with Gasteiger partial charge in [0.05, 0.1) is 5.75 Å². The first kappa shape index (κ1) is 14.2. The second-order valence-corrected chi connectivity index (χ2v) is 7.26. The molecule has 0 aromatic carbocycles. The zero-order chi connectivity index (χ0) is 12.8. The molecule has 0 amide bonds. The van der Waals surface area contributed by atoms with E-state index >= 15 is 0 Å². The number of hydrogen-bond acceptors (Lipinski definition) is 4. The Morgan fingerprint density at radius 1 is 1.11 bits per heavy atom. The van der Waals surface area contributed by atoms with E-state index in [4.69, 9.17) is 0 Å². The normalized spacial score (nSPS) is 24.2. The number of hydrogen-bond donors (Lipinski definition) is 2. The lowest BCUT2D eigenvalue weighted by atomic mass is 9.96. The monoisotopic (exact) mass is 275 g/mol. The predicted molar refractivity (Wildman–Crippen MR) is 72.6 cm³/mol. The van der Waals surface area contributed by atoms with E-state index in [2.05, 4.69) is 10.1 Å². The van der Waals surface area contributed by atoms with Gasteiger partial charge in [-0.25, -0.2) is 13.4 Å². The summed E-state index contributed by atoms with van der Waals surface area (Å²) in [6.07, 6.45) is 6.42. The van der Waals surface area contributed by atoms with Crippen LogP contribution in [0.15, 0.2) is 0 Å². The number of hydrazine groups is 1. The average Bonchev–Trinajstić information content (AvgIpc) is 2.38. The molecular weight excluding hydrogens is 250 g/mol. The van der Waals surface area contributed by atoms with Crippen molar-refractivity contribution in [3.05, 3.63) is 0 Å². The van der Waals surface area contributed by atoms with E-state index in [0.29, 0.717) is 5.92 Å². The fraction of sp³-hybridized carbons (Fsp3) is 1.00. The van der Waals surface area contributed by atoms with E-state index in [9.17, 15) is 8.42 Å². The summed E-state index contributed by atoms with van der Waals surface area (Å²) in [5.41, 5.74) is 0. The molecule has 18 heavy (non-hydrogen) atoms. The molecule has 2 saturated heterocycles. The highest BCUT2D eigenvalue weighted by molar-refractivity contribution is 7.89. The molecule has 0 radical (unpaired) electrons. The van der Waals surface area contributed by atoms with Crippen molar-refractivity contribution in [2.24, 2.45) is 5.92 Å². The first-order chi connectivity index (χ1) is 8.66. The van der Waals surface area contributed by atoms with Gasteiger partial charge in [-0.3, -0.25) is 0 Å². The highest BCUT2D eigenvalue weighted by Gasteiger charge is 2.20. The van der Waals surface area contributed by atoms with Gasteiger partial charge in [-0.1, -0.05) is 6.42 Å². The van der Waals surface area contributed by atoms with Crippen molar-refractivity contribution in [1.29, 1.82) is 0 Å². The van der Waals surface area contributed by atoms with Gasteiger partial charge in [0.15, 0.2) is 0 Å². The van der Waals surface area contributed by atoms with E-state index in [-0.39, 0.29) is 5.75 Å². The quantitative estimate of drug-likeness (QED) is 0.775. The maximum atomic E-state index is 12.0. The highest BCUT2D eigenvalue weighted by atomic mass is 32.2. The molecule has 0 aromatic heterocycles. The van der Waals surface area contributed by atoms with E-state index in [1.54, 1.807) is 0 Å². The lowest BCUT2D eigenvalue weighted by Crippen LogP contribution is -2.46. The summed E-state index contributed by atoms with van der Waals surface area (Å²) in [6, 6.07) is 0. The van der Waals surface area contributed by atoms with Gasteiger partial charge in [-0.05, 0) is 51.1 Å². The van der Waals surface area contributed by atoms with Gasteiger partial charge in [-0.15, -0.1) is 4.83 Å². The van der Waals surface area contributed by atoms with Crippen molar-refractivity contribution in [2.75, 3.05) is 31.9 Å². The molecule has 2 fully saturated rings. The molecular formula is C12H25N3O2S. The van der Waals surface area contributed by atoms with Gasteiger partial charge < -0.3 is 5.32 Å². The maximum absolute atomic E-state index is 12.0. The van der Waals surface area contributed by atoms with Crippen molar-refractivity contribution in [2.45, 2.75) is 38.5 Å². The third-order valence-electron chi connectivity index (χ3n) is 3.88. The number of nitrogens with zero attached hydrogens (tertiary/aromatic N) is 1. The molecule has 0 atom stereocenters. The first-order valence-electron chi connectivity index (χ1n) is 7.11. The topological polar surface area (TPSA) is 61.4 Å². The molecule has 2 rings (SSSR count). The Balaban J connectivity index is 1.72. The summed E-state index contributed by atoms with van der Waals surface area (Å²) in [5.74, 6) is 0.845. The first-order valence-corrected chi connectivity index (χ1v) is 8.77. The van der Waals surface area contributed by atoms with Crippen molar-refractivity contribution in [3.63, 3.8) is 0 Å². The molecule has 0 aromatic rings. The fourth-order valence-electron chi connectivity index (χ4n) is 2.72. The van der Waals surface area contributed by atoms with Crippen LogP contribution in [0.4, 0.5) is 0 Å². The summed E-state index contributed by atoms with van der Waals surface area (Å²) in [5, 5.41) is 5.17. The zero-order valence-electron chi connectivity index (χ0n) is 11.0. The van der Waals surface area contributed by atoms with E-state index in [1.165, 1.54) is 6.42 Å². The maximum Gasteiger partial charge on any atom is 0.224 e. The number of nitrogens with one attached hydrogen (secondary N) is 2. The molecule has 0 unspecified atom stereocenters. The van der Waals surface area contributed by atoms with Gasteiger partial charge in [-0.2, -0.15) is 0 Å². The van der Waals surface area contributed by atoms with E-state index < -0.39 is 10.0 Å². The Kier molecular flexibility index (Phi) is 5.41. The van der Waals surface area contributed by atoms with Crippen molar-refractivity contribution >= 4 is 10.0 Å². The smallest absolute Gasteiger partial charge is 0.224 e. The second kappa shape index (κ2) is 6.84. The Morgan fingerprint density at radius 2 is 1.78 bits per heavy atom. The predicted octanol–water partition coefficient (Wildman–Crippen LogP) is 0.696. The number of rotatable bonds is 5. The van der Waals surface area contributed by atoms with Gasteiger partial charge >= 0.3 is 0 Å². The summed E-state index contributed by atoms with van der Waals surface area (Å²) in [6.45, 7) is 3.77. The molecule has 2 N–H and O–H groups in total. The Labute approximate surface area is 110 Å². The summed E-state index contributed by atoms with van der Waals surface area (Å²) in [4.78, 5) is 2.72. The fourth-order valence-corrected chi connectivity index (χ4v) is 4.03. The van der Waals surface area contributed by atoms with Gasteiger partial charge in [0, 0.05) is 13.1 Å².